The van der Waals surface area contributed by atoms with Gasteiger partial charge in [0.15, 0.2) is 5.75 Å². The number of anilines is 1. The van der Waals surface area contributed by atoms with Crippen LogP contribution in [0.3, 0.4) is 0 Å². The molecule has 1 atom stereocenters. The molecule has 1 amide bonds. The van der Waals surface area contributed by atoms with Gasteiger partial charge in [-0.3, -0.25) is 9.35 Å². The fourth-order valence-corrected chi connectivity index (χ4v) is 6.85. The Hall–Kier alpha value is -5.52. The summed E-state index contributed by atoms with van der Waals surface area (Å²) in [6.07, 6.45) is 5.06. The van der Waals surface area contributed by atoms with E-state index in [-0.39, 0.29) is 33.2 Å². The third kappa shape index (κ3) is 4.95. The molecule has 0 radical (unpaired) electrons. The number of aromatic nitrogens is 1. The average molecular weight is 633 g/mol. The van der Waals surface area contributed by atoms with Gasteiger partial charge in [-0.05, 0) is 71.8 Å². The van der Waals surface area contributed by atoms with Crippen molar-refractivity contribution in [3.8, 4) is 11.5 Å². The van der Waals surface area contributed by atoms with Gasteiger partial charge in [0.25, 0.3) is 16.0 Å². The van der Waals surface area contributed by atoms with Crippen LogP contribution in [0.1, 0.15) is 40.9 Å². The Morgan fingerprint density at radius 2 is 1.74 bits per heavy atom. The van der Waals surface area contributed by atoms with Gasteiger partial charge in [0.05, 0.1) is 23.9 Å². The van der Waals surface area contributed by atoms with Crippen LogP contribution in [0.4, 0.5) is 17.1 Å². The topological polar surface area (TPSA) is 153 Å². The Labute approximate surface area is 263 Å². The first kappa shape index (κ1) is 29.2. The quantitative estimate of drug-likeness (QED) is 0.106. The van der Waals surface area contributed by atoms with Crippen LogP contribution in [0.5, 0.6) is 11.5 Å². The molecular formula is C35H28N4O6S. The molecule has 11 heteroatoms. The molecule has 1 aliphatic rings. The summed E-state index contributed by atoms with van der Waals surface area (Å²) in [7, 11) is -2.95. The number of H-pyrrole nitrogens is 1. The normalized spacial score (nSPS) is 14.7. The maximum atomic E-state index is 13.6. The first-order valence-electron chi connectivity index (χ1n) is 14.5. The van der Waals surface area contributed by atoms with Gasteiger partial charge >= 0.3 is 0 Å². The molecule has 1 unspecified atom stereocenters. The van der Waals surface area contributed by atoms with E-state index < -0.39 is 16.0 Å². The van der Waals surface area contributed by atoms with E-state index in [0.717, 1.165) is 28.6 Å². The zero-order chi connectivity index (χ0) is 32.2. The van der Waals surface area contributed by atoms with Crippen molar-refractivity contribution in [1.82, 2.24) is 4.98 Å². The van der Waals surface area contributed by atoms with Crippen molar-refractivity contribution in [2.45, 2.75) is 24.2 Å². The number of hydrogen-bond acceptors (Lipinski definition) is 7. The molecule has 5 aromatic carbocycles. The van der Waals surface area contributed by atoms with Crippen LogP contribution < -0.4 is 10.1 Å². The van der Waals surface area contributed by atoms with E-state index in [1.54, 1.807) is 61.7 Å². The number of carbonyl (C=O) groups excluding carboxylic acids is 1. The number of carbonyl (C=O) groups is 1. The van der Waals surface area contributed by atoms with Crippen molar-refractivity contribution >= 4 is 71.6 Å². The Kier molecular flexibility index (Phi) is 7.07. The second-order valence-corrected chi connectivity index (χ2v) is 12.6. The number of rotatable bonds is 6. The predicted molar refractivity (Wildman–Crippen MR) is 178 cm³/mol. The molecule has 1 heterocycles. The van der Waals surface area contributed by atoms with E-state index in [1.165, 1.54) is 12.1 Å². The summed E-state index contributed by atoms with van der Waals surface area (Å²) in [5.74, 6) is -0.0171. The number of phenolic OH excluding ortho intramolecular Hbond substituents is 1. The molecule has 4 N–H and O–H groups in total. The molecule has 0 saturated heterocycles. The zero-order valence-electron chi connectivity index (χ0n) is 24.8. The van der Waals surface area contributed by atoms with Gasteiger partial charge in [0.2, 0.25) is 0 Å². The molecule has 0 saturated carbocycles. The Bertz CT molecular complexity index is 2380. The van der Waals surface area contributed by atoms with E-state index in [1.807, 2.05) is 18.2 Å². The first-order chi connectivity index (χ1) is 22.1. The second-order valence-electron chi connectivity index (χ2n) is 11.2. The minimum absolute atomic E-state index is 0.00668. The first-order valence-corrected chi connectivity index (χ1v) is 15.9. The molecular weight excluding hydrogens is 604 g/mol. The highest BCUT2D eigenvalue weighted by atomic mass is 32.2. The molecule has 0 spiro atoms. The minimum atomic E-state index is -4.50. The summed E-state index contributed by atoms with van der Waals surface area (Å²) in [5, 5.41) is 26.4. The van der Waals surface area contributed by atoms with Gasteiger partial charge in [-0.2, -0.15) is 8.42 Å². The van der Waals surface area contributed by atoms with Crippen LogP contribution >= 0.6 is 0 Å². The number of azo groups is 1. The lowest BCUT2D eigenvalue weighted by molar-refractivity contribution is 0.102. The zero-order valence-corrected chi connectivity index (χ0v) is 25.6. The van der Waals surface area contributed by atoms with Crippen LogP contribution in [0.2, 0.25) is 0 Å². The number of ether oxygens (including phenoxy) is 1. The maximum Gasteiger partial charge on any atom is 0.295 e. The van der Waals surface area contributed by atoms with Gasteiger partial charge in [-0.25, -0.2) is 0 Å². The molecule has 6 aromatic rings. The fraction of sp³-hybridized carbons (Fsp3) is 0.114. The summed E-state index contributed by atoms with van der Waals surface area (Å²) < 4.78 is 39.1. The summed E-state index contributed by atoms with van der Waals surface area (Å²) in [4.78, 5) is 16.8. The van der Waals surface area contributed by atoms with Gasteiger partial charge in [0.1, 0.15) is 16.3 Å². The highest BCUT2D eigenvalue weighted by Crippen LogP contribution is 2.46. The maximum absolute atomic E-state index is 13.6. The number of amides is 1. The number of fused-ring (bicyclic) bond motifs is 6. The SMILES string of the molecule is COc1ccc(NC(=O)c2cc3ccc4c5c([nH]c4c3c(N=Nc3ccc(S(=O)(=O)O)c4ccccc34)c2O)C=CCC5C)cc1. The number of aromatic hydroxyl groups is 1. The summed E-state index contributed by atoms with van der Waals surface area (Å²) in [6, 6.07) is 21.6. The molecule has 7 rings (SSSR count). The highest BCUT2D eigenvalue weighted by Gasteiger charge is 2.25. The van der Waals surface area contributed by atoms with Crippen LogP contribution in [-0.4, -0.2) is 36.1 Å². The van der Waals surface area contributed by atoms with Crippen LogP contribution in [0.15, 0.2) is 100 Å². The van der Waals surface area contributed by atoms with Crippen LogP contribution in [-0.2, 0) is 10.1 Å². The third-order valence-corrected chi connectivity index (χ3v) is 9.26. The van der Waals surface area contributed by atoms with E-state index in [4.69, 9.17) is 4.74 Å². The Balaban J connectivity index is 1.43. The number of benzene rings is 5. The van der Waals surface area contributed by atoms with Gasteiger partial charge in [-0.1, -0.05) is 49.4 Å². The van der Waals surface area contributed by atoms with Crippen molar-refractivity contribution < 1.29 is 27.6 Å². The lowest BCUT2D eigenvalue weighted by Gasteiger charge is -2.14. The largest absolute Gasteiger partial charge is 0.505 e. The van der Waals surface area contributed by atoms with E-state index in [2.05, 4.69) is 33.5 Å². The lowest BCUT2D eigenvalue weighted by Crippen LogP contribution is -2.12. The van der Waals surface area contributed by atoms with Crippen molar-refractivity contribution in [3.05, 3.63) is 102 Å². The van der Waals surface area contributed by atoms with Crippen LogP contribution in [0.25, 0.3) is 38.5 Å². The molecule has 0 aliphatic heterocycles. The van der Waals surface area contributed by atoms with E-state index in [0.29, 0.717) is 33.3 Å². The molecule has 46 heavy (non-hydrogen) atoms. The number of nitrogens with one attached hydrogen (secondary N) is 2. The third-order valence-electron chi connectivity index (χ3n) is 8.35. The smallest absolute Gasteiger partial charge is 0.295 e. The average Bonchev–Trinajstić information content (AvgIpc) is 3.44. The number of aromatic amines is 1. The fourth-order valence-electron chi connectivity index (χ4n) is 6.15. The highest BCUT2D eigenvalue weighted by molar-refractivity contribution is 7.86. The molecule has 230 valence electrons. The number of allylic oxidation sites excluding steroid dienone is 1. The van der Waals surface area contributed by atoms with E-state index in [9.17, 15) is 22.9 Å². The molecule has 1 aromatic heterocycles. The number of hydrogen-bond donors (Lipinski definition) is 4. The molecule has 1 aliphatic carbocycles. The van der Waals surface area contributed by atoms with E-state index >= 15 is 0 Å². The molecule has 0 fully saturated rings. The number of methoxy groups -OCH3 is 1. The number of nitrogens with zero attached hydrogens (tertiary/aromatic N) is 2. The minimum Gasteiger partial charge on any atom is -0.505 e. The summed E-state index contributed by atoms with van der Waals surface area (Å²) in [6.45, 7) is 2.16. The summed E-state index contributed by atoms with van der Waals surface area (Å²) in [5.41, 5.74) is 3.75. The van der Waals surface area contributed by atoms with Gasteiger partial charge in [0, 0.05) is 32.9 Å². The second kappa shape index (κ2) is 11.1. The Morgan fingerprint density at radius 1 is 0.978 bits per heavy atom. The predicted octanol–water partition coefficient (Wildman–Crippen LogP) is 8.62. The number of phenols is 1. The van der Waals surface area contributed by atoms with Crippen molar-refractivity contribution in [3.63, 3.8) is 0 Å². The van der Waals surface area contributed by atoms with Crippen LogP contribution in [0, 0.1) is 0 Å². The van der Waals surface area contributed by atoms with Crippen molar-refractivity contribution in [1.29, 1.82) is 0 Å². The molecule has 0 bridgehead atoms. The monoisotopic (exact) mass is 632 g/mol. The standard InChI is InChI=1S/C35H28N4O6S/c1-19-6-5-9-28-30(19)25-15-10-20-18-26(35(41)36-21-11-13-22(45-2)14-12-21)34(40)33(31(20)32(25)37-28)39-38-27-16-17-29(46(42,43)44)24-8-4-3-7-23(24)27/h3-5,7-19,37,40H,6H2,1-2H3,(H,36,41)(H,42,43,44). The van der Waals surface area contributed by atoms with Gasteiger partial charge in [-0.15, -0.1) is 10.2 Å². The summed E-state index contributed by atoms with van der Waals surface area (Å²) >= 11 is 0. The lowest BCUT2D eigenvalue weighted by atomic mass is 9.90. The molecule has 10 nitrogen and oxygen atoms in total. The van der Waals surface area contributed by atoms with Crippen molar-refractivity contribution in [2.24, 2.45) is 10.2 Å². The van der Waals surface area contributed by atoms with Crippen molar-refractivity contribution in [2.75, 3.05) is 12.4 Å². The Morgan fingerprint density at radius 3 is 2.48 bits per heavy atom. The van der Waals surface area contributed by atoms with Gasteiger partial charge < -0.3 is 20.1 Å².